The van der Waals surface area contributed by atoms with Crippen LogP contribution in [0.4, 0.5) is 0 Å². The van der Waals surface area contributed by atoms with Crippen molar-refractivity contribution in [2.75, 3.05) is 27.4 Å². The molecule has 22 heavy (non-hydrogen) atoms. The number of rotatable bonds is 2. The van der Waals surface area contributed by atoms with E-state index in [1.807, 2.05) is 12.1 Å². The molecule has 0 radical (unpaired) electrons. The molecule has 0 bridgehead atoms. The van der Waals surface area contributed by atoms with Crippen LogP contribution in [0.3, 0.4) is 0 Å². The number of aromatic nitrogens is 1. The maximum atomic E-state index is 6.20. The second-order valence-corrected chi connectivity index (χ2v) is 5.45. The Morgan fingerprint density at radius 3 is 2.32 bits per heavy atom. The Morgan fingerprint density at radius 2 is 1.59 bits per heavy atom. The van der Waals surface area contributed by atoms with Crippen LogP contribution in [0, 0.1) is 0 Å². The lowest BCUT2D eigenvalue weighted by atomic mass is 10.1. The van der Waals surface area contributed by atoms with Crippen molar-refractivity contribution >= 4 is 33.4 Å². The third-order valence-corrected chi connectivity index (χ3v) is 4.04. The van der Waals surface area contributed by atoms with Gasteiger partial charge in [0.1, 0.15) is 19.0 Å². The van der Waals surface area contributed by atoms with Gasteiger partial charge < -0.3 is 23.9 Å². The van der Waals surface area contributed by atoms with E-state index in [1.165, 1.54) is 0 Å². The van der Waals surface area contributed by atoms with Crippen molar-refractivity contribution in [3.8, 4) is 23.0 Å². The molecule has 6 heteroatoms. The van der Waals surface area contributed by atoms with E-state index in [2.05, 4.69) is 4.98 Å². The molecule has 0 fully saturated rings. The normalized spacial score (nSPS) is 13.6. The van der Waals surface area contributed by atoms with Gasteiger partial charge in [-0.25, -0.2) is 0 Å². The van der Waals surface area contributed by atoms with Gasteiger partial charge in [-0.3, -0.25) is 0 Å². The van der Waals surface area contributed by atoms with E-state index in [0.717, 1.165) is 21.8 Å². The lowest BCUT2D eigenvalue weighted by molar-refractivity contribution is 0.167. The zero-order valence-corrected chi connectivity index (χ0v) is 12.9. The first-order valence-corrected chi connectivity index (χ1v) is 7.26. The van der Waals surface area contributed by atoms with Crippen molar-refractivity contribution in [3.05, 3.63) is 23.2 Å². The minimum absolute atomic E-state index is 0.503. The maximum Gasteiger partial charge on any atom is 0.205 e. The molecule has 114 valence electrons. The number of nitrogens with one attached hydrogen (secondary N) is 1. The number of hydrogen-bond acceptors (Lipinski definition) is 4. The first kappa shape index (κ1) is 13.4. The van der Waals surface area contributed by atoms with E-state index in [1.54, 1.807) is 20.3 Å². The number of benzene rings is 2. The van der Waals surface area contributed by atoms with E-state index in [0.29, 0.717) is 41.2 Å². The number of ether oxygens (including phenoxy) is 4. The summed E-state index contributed by atoms with van der Waals surface area (Å²) in [6, 6.07) is 5.60. The van der Waals surface area contributed by atoms with Gasteiger partial charge in [0.25, 0.3) is 0 Å². The number of fused-ring (bicyclic) bond motifs is 5. The molecule has 3 aromatic rings. The third-order valence-electron chi connectivity index (χ3n) is 3.82. The first-order chi connectivity index (χ1) is 10.7. The Bertz CT molecular complexity index is 887. The number of halogens is 1. The molecule has 0 amide bonds. The standard InChI is InChI=1S/C16H14ClNO4/c1-19-11-6-8(17)5-9-10-7-12(20-2)15-16(22-4-3-21-15)14(10)18-13(9)11/h5-7,18H,3-4H2,1-2H3. The van der Waals surface area contributed by atoms with Crippen LogP contribution in [0.15, 0.2) is 18.2 Å². The molecule has 1 aliphatic rings. The van der Waals surface area contributed by atoms with Crippen LogP contribution in [0.2, 0.25) is 5.02 Å². The van der Waals surface area contributed by atoms with E-state index in [4.69, 9.17) is 30.5 Å². The molecular weight excluding hydrogens is 306 g/mol. The van der Waals surface area contributed by atoms with Crippen LogP contribution in [-0.4, -0.2) is 32.4 Å². The topological polar surface area (TPSA) is 52.7 Å². The van der Waals surface area contributed by atoms with Crippen LogP contribution >= 0.6 is 11.6 Å². The molecule has 2 aromatic carbocycles. The summed E-state index contributed by atoms with van der Waals surface area (Å²) in [5.41, 5.74) is 1.72. The highest BCUT2D eigenvalue weighted by atomic mass is 35.5. The summed E-state index contributed by atoms with van der Waals surface area (Å²) < 4.78 is 22.4. The van der Waals surface area contributed by atoms with Gasteiger partial charge in [-0.1, -0.05) is 11.6 Å². The van der Waals surface area contributed by atoms with Crippen molar-refractivity contribution in [1.29, 1.82) is 0 Å². The van der Waals surface area contributed by atoms with Crippen LogP contribution in [-0.2, 0) is 0 Å². The maximum absolute atomic E-state index is 6.20. The monoisotopic (exact) mass is 319 g/mol. The fourth-order valence-corrected chi connectivity index (χ4v) is 3.08. The number of hydrogen-bond donors (Lipinski definition) is 1. The second kappa shape index (κ2) is 4.88. The van der Waals surface area contributed by atoms with E-state index in [9.17, 15) is 0 Å². The van der Waals surface area contributed by atoms with Gasteiger partial charge in [0.2, 0.25) is 5.75 Å². The fraction of sp³-hybridized carbons (Fsp3) is 0.250. The zero-order chi connectivity index (χ0) is 15.3. The minimum atomic E-state index is 0.503. The fourth-order valence-electron chi connectivity index (χ4n) is 2.88. The van der Waals surface area contributed by atoms with Gasteiger partial charge in [0.15, 0.2) is 11.5 Å². The van der Waals surface area contributed by atoms with Crippen molar-refractivity contribution in [1.82, 2.24) is 4.98 Å². The Hall–Kier alpha value is -2.27. The minimum Gasteiger partial charge on any atom is -0.495 e. The lowest BCUT2D eigenvalue weighted by Crippen LogP contribution is -2.16. The second-order valence-electron chi connectivity index (χ2n) is 5.01. The Kier molecular flexibility index (Phi) is 2.97. The SMILES string of the molecule is COc1cc2c([nH]c3c(OC)cc(Cl)cc32)c2c1OCCO2. The molecule has 1 N–H and O–H groups in total. The van der Waals surface area contributed by atoms with Gasteiger partial charge in [0.05, 0.1) is 25.3 Å². The average Bonchev–Trinajstić information content (AvgIpc) is 2.92. The summed E-state index contributed by atoms with van der Waals surface area (Å²) in [4.78, 5) is 3.36. The lowest BCUT2D eigenvalue weighted by Gasteiger charge is -2.21. The molecule has 1 aromatic heterocycles. The summed E-state index contributed by atoms with van der Waals surface area (Å²) in [6.07, 6.45) is 0. The summed E-state index contributed by atoms with van der Waals surface area (Å²) in [5.74, 6) is 2.61. The molecule has 0 saturated heterocycles. The largest absolute Gasteiger partial charge is 0.495 e. The predicted molar refractivity (Wildman–Crippen MR) is 84.9 cm³/mol. The molecule has 0 spiro atoms. The molecule has 1 aliphatic heterocycles. The predicted octanol–water partition coefficient (Wildman–Crippen LogP) is 3.76. The Balaban J connectivity index is 2.16. The molecular formula is C16H14ClNO4. The molecule has 4 rings (SSSR count). The highest BCUT2D eigenvalue weighted by Crippen LogP contribution is 2.48. The Morgan fingerprint density at radius 1 is 0.909 bits per heavy atom. The number of H-pyrrole nitrogens is 1. The summed E-state index contributed by atoms with van der Waals surface area (Å²) in [6.45, 7) is 1.01. The van der Waals surface area contributed by atoms with Gasteiger partial charge in [-0.15, -0.1) is 0 Å². The average molecular weight is 320 g/mol. The van der Waals surface area contributed by atoms with E-state index >= 15 is 0 Å². The van der Waals surface area contributed by atoms with Crippen molar-refractivity contribution < 1.29 is 18.9 Å². The number of aromatic amines is 1. The zero-order valence-electron chi connectivity index (χ0n) is 12.2. The van der Waals surface area contributed by atoms with Crippen molar-refractivity contribution in [2.24, 2.45) is 0 Å². The highest BCUT2D eigenvalue weighted by molar-refractivity contribution is 6.32. The van der Waals surface area contributed by atoms with Gasteiger partial charge in [0, 0.05) is 21.9 Å². The summed E-state index contributed by atoms with van der Waals surface area (Å²) in [5, 5.41) is 2.52. The summed E-state index contributed by atoms with van der Waals surface area (Å²) >= 11 is 6.20. The quantitative estimate of drug-likeness (QED) is 0.781. The molecule has 0 aliphatic carbocycles. The molecule has 0 atom stereocenters. The molecule has 0 saturated carbocycles. The Labute approximate surface area is 131 Å². The molecule has 2 heterocycles. The molecule has 0 unspecified atom stereocenters. The van der Waals surface area contributed by atoms with Crippen molar-refractivity contribution in [3.63, 3.8) is 0 Å². The summed E-state index contributed by atoms with van der Waals surface area (Å²) in [7, 11) is 3.23. The van der Waals surface area contributed by atoms with Crippen LogP contribution < -0.4 is 18.9 Å². The third kappa shape index (κ3) is 1.78. The smallest absolute Gasteiger partial charge is 0.205 e. The first-order valence-electron chi connectivity index (χ1n) is 6.88. The van der Waals surface area contributed by atoms with Crippen LogP contribution in [0.5, 0.6) is 23.0 Å². The van der Waals surface area contributed by atoms with E-state index in [-0.39, 0.29) is 0 Å². The van der Waals surface area contributed by atoms with E-state index < -0.39 is 0 Å². The highest BCUT2D eigenvalue weighted by Gasteiger charge is 2.24. The van der Waals surface area contributed by atoms with Gasteiger partial charge in [-0.05, 0) is 12.1 Å². The number of methoxy groups -OCH3 is 2. The van der Waals surface area contributed by atoms with Crippen LogP contribution in [0.1, 0.15) is 0 Å². The van der Waals surface area contributed by atoms with Crippen LogP contribution in [0.25, 0.3) is 21.8 Å². The van der Waals surface area contributed by atoms with Gasteiger partial charge >= 0.3 is 0 Å². The molecule has 5 nitrogen and oxygen atoms in total. The van der Waals surface area contributed by atoms with Gasteiger partial charge in [-0.2, -0.15) is 0 Å². The van der Waals surface area contributed by atoms with Crippen molar-refractivity contribution in [2.45, 2.75) is 0 Å².